The first-order valence-corrected chi connectivity index (χ1v) is 4.98. The Morgan fingerprint density at radius 3 is 2.50 bits per heavy atom. The summed E-state index contributed by atoms with van der Waals surface area (Å²) in [4.78, 5) is 0. The second kappa shape index (κ2) is 4.23. The van der Waals surface area contributed by atoms with Crippen molar-refractivity contribution in [3.05, 3.63) is 35.4 Å². The molecule has 0 bridgehead atoms. The van der Waals surface area contributed by atoms with E-state index in [0.29, 0.717) is 6.54 Å². The number of hydrogen-bond donors (Lipinski definition) is 2. The lowest BCUT2D eigenvalue weighted by Crippen LogP contribution is -1.97. The van der Waals surface area contributed by atoms with Crippen LogP contribution in [0.2, 0.25) is 0 Å². The summed E-state index contributed by atoms with van der Waals surface area (Å²) in [5.74, 6) is 0.100. The summed E-state index contributed by atoms with van der Waals surface area (Å²) in [5.41, 5.74) is 7.16. The largest absolute Gasteiger partial charge is 0.326 e. The lowest BCUT2D eigenvalue weighted by atomic mass is 10.1. The standard InChI is InChI=1S/C8H11NO2S/c9-5-7-2-1-3-8(4-7)6-12(10)11/h1-4,12H,5-6,9H2. The van der Waals surface area contributed by atoms with Gasteiger partial charge in [-0.15, -0.1) is 0 Å². The van der Waals surface area contributed by atoms with Crippen LogP contribution in [0.4, 0.5) is 0 Å². The summed E-state index contributed by atoms with van der Waals surface area (Å²) in [5, 5.41) is 0. The van der Waals surface area contributed by atoms with E-state index >= 15 is 0 Å². The molecule has 1 aromatic rings. The van der Waals surface area contributed by atoms with E-state index in [1.807, 2.05) is 18.2 Å². The molecule has 1 aromatic carbocycles. The molecule has 0 aliphatic rings. The maximum absolute atomic E-state index is 10.4. The number of nitrogens with two attached hydrogens (primary N) is 1. The van der Waals surface area contributed by atoms with Crippen molar-refractivity contribution in [3.8, 4) is 0 Å². The molecule has 0 radical (unpaired) electrons. The van der Waals surface area contributed by atoms with Crippen LogP contribution in [-0.4, -0.2) is 8.42 Å². The van der Waals surface area contributed by atoms with Gasteiger partial charge in [-0.2, -0.15) is 0 Å². The average molecular weight is 185 g/mol. The van der Waals surface area contributed by atoms with Gasteiger partial charge >= 0.3 is 0 Å². The van der Waals surface area contributed by atoms with E-state index in [-0.39, 0.29) is 5.75 Å². The van der Waals surface area contributed by atoms with Gasteiger partial charge in [0.1, 0.15) is 10.7 Å². The van der Waals surface area contributed by atoms with Crippen LogP contribution in [0.1, 0.15) is 11.1 Å². The minimum absolute atomic E-state index is 0.100. The molecule has 66 valence electrons. The molecule has 0 aromatic heterocycles. The Morgan fingerprint density at radius 2 is 1.92 bits per heavy atom. The minimum Gasteiger partial charge on any atom is -0.326 e. The molecule has 0 spiro atoms. The van der Waals surface area contributed by atoms with E-state index < -0.39 is 10.7 Å². The van der Waals surface area contributed by atoms with E-state index in [2.05, 4.69) is 0 Å². The zero-order valence-electron chi connectivity index (χ0n) is 6.56. The summed E-state index contributed by atoms with van der Waals surface area (Å²) in [6.45, 7) is 0.448. The Kier molecular flexibility index (Phi) is 3.25. The van der Waals surface area contributed by atoms with Crippen molar-refractivity contribution in [1.82, 2.24) is 0 Å². The van der Waals surface area contributed by atoms with Crippen molar-refractivity contribution in [2.24, 2.45) is 5.73 Å². The molecule has 0 saturated heterocycles. The summed E-state index contributed by atoms with van der Waals surface area (Å²) >= 11 is 0. The lowest BCUT2D eigenvalue weighted by molar-refractivity contribution is 0.614. The average Bonchev–Trinajstić information content (AvgIpc) is 2.03. The minimum atomic E-state index is -2.33. The van der Waals surface area contributed by atoms with E-state index in [1.54, 1.807) is 6.07 Å². The van der Waals surface area contributed by atoms with Crippen molar-refractivity contribution < 1.29 is 8.42 Å². The van der Waals surface area contributed by atoms with Crippen LogP contribution in [0, 0.1) is 0 Å². The second-order valence-corrected chi connectivity index (χ2v) is 3.50. The number of rotatable bonds is 3. The molecule has 0 saturated carbocycles. The van der Waals surface area contributed by atoms with Crippen molar-refractivity contribution >= 4 is 10.7 Å². The van der Waals surface area contributed by atoms with Gasteiger partial charge in [0.05, 0.1) is 5.75 Å². The Hall–Kier alpha value is -0.870. The van der Waals surface area contributed by atoms with E-state index in [1.165, 1.54) is 0 Å². The molecule has 2 N–H and O–H groups in total. The van der Waals surface area contributed by atoms with Gasteiger partial charge in [0, 0.05) is 6.54 Å². The number of thiol groups is 1. The fraction of sp³-hybridized carbons (Fsp3) is 0.250. The highest BCUT2D eigenvalue weighted by Gasteiger charge is 1.94. The highest BCUT2D eigenvalue weighted by atomic mass is 32.2. The summed E-state index contributed by atoms with van der Waals surface area (Å²) < 4.78 is 20.7. The number of hydrogen-bond acceptors (Lipinski definition) is 3. The molecular formula is C8H11NO2S. The third kappa shape index (κ3) is 2.64. The Bertz CT molecular complexity index is 326. The first-order valence-electron chi connectivity index (χ1n) is 3.62. The van der Waals surface area contributed by atoms with Gasteiger partial charge in [-0.3, -0.25) is 0 Å². The van der Waals surface area contributed by atoms with Crippen LogP contribution in [0.3, 0.4) is 0 Å². The predicted octanol–water partition coefficient (Wildman–Crippen LogP) is 0.257. The highest BCUT2D eigenvalue weighted by molar-refractivity contribution is 7.71. The van der Waals surface area contributed by atoms with Gasteiger partial charge in [-0.1, -0.05) is 24.3 Å². The van der Waals surface area contributed by atoms with Gasteiger partial charge in [0.25, 0.3) is 0 Å². The third-order valence-electron chi connectivity index (χ3n) is 1.54. The molecule has 0 aliphatic carbocycles. The Balaban J connectivity index is 2.86. The van der Waals surface area contributed by atoms with Crippen LogP contribution in [0.5, 0.6) is 0 Å². The molecule has 0 amide bonds. The lowest BCUT2D eigenvalue weighted by Gasteiger charge is -1.98. The van der Waals surface area contributed by atoms with Gasteiger partial charge in [0.15, 0.2) is 0 Å². The Labute approximate surface area is 73.2 Å². The van der Waals surface area contributed by atoms with E-state index in [9.17, 15) is 8.42 Å². The molecular weight excluding hydrogens is 174 g/mol. The SMILES string of the molecule is NCc1cccc(C[SH](=O)=O)c1. The zero-order valence-corrected chi connectivity index (χ0v) is 7.46. The smallest absolute Gasteiger partial charge is 0.144 e. The van der Waals surface area contributed by atoms with Gasteiger partial charge in [-0.25, -0.2) is 8.42 Å². The predicted molar refractivity (Wildman–Crippen MR) is 48.4 cm³/mol. The second-order valence-electron chi connectivity index (χ2n) is 2.51. The molecule has 0 heterocycles. The first-order chi connectivity index (χ1) is 5.72. The van der Waals surface area contributed by atoms with Gasteiger partial charge in [-0.05, 0) is 11.1 Å². The van der Waals surface area contributed by atoms with Crippen LogP contribution in [0.15, 0.2) is 24.3 Å². The maximum Gasteiger partial charge on any atom is 0.144 e. The molecule has 0 unspecified atom stereocenters. The maximum atomic E-state index is 10.4. The Morgan fingerprint density at radius 1 is 1.25 bits per heavy atom. The topological polar surface area (TPSA) is 60.2 Å². The molecule has 1 rings (SSSR count). The zero-order chi connectivity index (χ0) is 8.97. The third-order valence-corrected chi connectivity index (χ3v) is 2.16. The molecule has 0 fully saturated rings. The van der Waals surface area contributed by atoms with Crippen molar-refractivity contribution in [3.63, 3.8) is 0 Å². The quantitative estimate of drug-likeness (QED) is 0.664. The first kappa shape index (κ1) is 9.22. The normalized spacial score (nSPS) is 10.5. The fourth-order valence-corrected chi connectivity index (χ4v) is 1.50. The van der Waals surface area contributed by atoms with Gasteiger partial charge in [0.2, 0.25) is 0 Å². The van der Waals surface area contributed by atoms with Gasteiger partial charge < -0.3 is 5.73 Å². The monoisotopic (exact) mass is 185 g/mol. The van der Waals surface area contributed by atoms with Crippen LogP contribution >= 0.6 is 0 Å². The fourth-order valence-electron chi connectivity index (χ4n) is 1.00. The van der Waals surface area contributed by atoms with Crippen molar-refractivity contribution in [2.75, 3.05) is 0 Å². The molecule has 12 heavy (non-hydrogen) atoms. The van der Waals surface area contributed by atoms with Crippen LogP contribution in [0.25, 0.3) is 0 Å². The number of benzene rings is 1. The van der Waals surface area contributed by atoms with Crippen molar-refractivity contribution in [1.29, 1.82) is 0 Å². The summed E-state index contributed by atoms with van der Waals surface area (Å²) in [7, 11) is -2.33. The van der Waals surface area contributed by atoms with Crippen molar-refractivity contribution in [2.45, 2.75) is 12.3 Å². The molecule has 0 aliphatic heterocycles. The molecule has 0 atom stereocenters. The summed E-state index contributed by atoms with van der Waals surface area (Å²) in [6, 6.07) is 7.28. The van der Waals surface area contributed by atoms with E-state index in [4.69, 9.17) is 5.73 Å². The summed E-state index contributed by atoms with van der Waals surface area (Å²) in [6.07, 6.45) is 0. The molecule has 4 heteroatoms. The molecule has 3 nitrogen and oxygen atoms in total. The van der Waals surface area contributed by atoms with E-state index in [0.717, 1.165) is 11.1 Å². The highest BCUT2D eigenvalue weighted by Crippen LogP contribution is 2.05. The van der Waals surface area contributed by atoms with Crippen LogP contribution < -0.4 is 5.73 Å². The van der Waals surface area contributed by atoms with Crippen LogP contribution in [-0.2, 0) is 23.0 Å².